The molecule has 2 rings (SSSR count). The zero-order valence-corrected chi connectivity index (χ0v) is 12.2. The van der Waals surface area contributed by atoms with E-state index in [1.165, 1.54) is 19.3 Å². The summed E-state index contributed by atoms with van der Waals surface area (Å²) in [6, 6.07) is 2.87. The Morgan fingerprint density at radius 1 is 1.37 bits per heavy atom. The Kier molecular flexibility index (Phi) is 5.01. The van der Waals surface area contributed by atoms with E-state index in [1.807, 2.05) is 6.20 Å². The summed E-state index contributed by atoms with van der Waals surface area (Å²) in [4.78, 5) is 4.47. The van der Waals surface area contributed by atoms with Gasteiger partial charge in [0.2, 0.25) is 0 Å². The van der Waals surface area contributed by atoms with Gasteiger partial charge in [0.1, 0.15) is 5.82 Å². The van der Waals surface area contributed by atoms with Crippen molar-refractivity contribution in [1.29, 1.82) is 5.26 Å². The van der Waals surface area contributed by atoms with E-state index in [1.54, 1.807) is 0 Å². The Balaban J connectivity index is 2.17. The summed E-state index contributed by atoms with van der Waals surface area (Å²) in [6.45, 7) is 4.44. The van der Waals surface area contributed by atoms with Crippen LogP contribution in [0.2, 0.25) is 0 Å². The zero-order chi connectivity index (χ0) is 13.7. The van der Waals surface area contributed by atoms with Gasteiger partial charge in [0.25, 0.3) is 0 Å². The highest BCUT2D eigenvalue weighted by Gasteiger charge is 2.32. The summed E-state index contributed by atoms with van der Waals surface area (Å²) in [6.07, 6.45) is 12.1. The van der Waals surface area contributed by atoms with Gasteiger partial charge in [0.05, 0.1) is 18.0 Å². The quantitative estimate of drug-likeness (QED) is 0.798. The summed E-state index contributed by atoms with van der Waals surface area (Å²) in [5.41, 5.74) is 0. The molecule has 1 aliphatic rings. The maximum absolute atomic E-state index is 9.41. The van der Waals surface area contributed by atoms with Crippen LogP contribution in [0.4, 0.5) is 0 Å². The van der Waals surface area contributed by atoms with Crippen molar-refractivity contribution < 1.29 is 0 Å². The van der Waals surface area contributed by atoms with Crippen LogP contribution in [-0.2, 0) is 6.42 Å². The molecule has 1 heterocycles. The molecule has 3 unspecified atom stereocenters. The molecule has 19 heavy (non-hydrogen) atoms. The minimum atomic E-state index is 0.165. The number of imidazole rings is 1. The van der Waals surface area contributed by atoms with Crippen molar-refractivity contribution in [2.75, 3.05) is 0 Å². The standard InChI is InChI=1S/C16H25N3/c1-3-5-13-7-8-14(12-17)15(11-13)19-10-9-18-16(19)6-4-2/h9-10,13-15H,3-8,11H2,1-2H3. The molecule has 3 heteroatoms. The Morgan fingerprint density at radius 2 is 2.21 bits per heavy atom. The average Bonchev–Trinajstić information content (AvgIpc) is 2.87. The van der Waals surface area contributed by atoms with Crippen LogP contribution in [0.5, 0.6) is 0 Å². The fraction of sp³-hybridized carbons (Fsp3) is 0.750. The Bertz CT molecular complexity index is 429. The van der Waals surface area contributed by atoms with Gasteiger partial charge in [-0.2, -0.15) is 5.26 Å². The van der Waals surface area contributed by atoms with Crippen LogP contribution in [0.3, 0.4) is 0 Å². The van der Waals surface area contributed by atoms with E-state index < -0.39 is 0 Å². The highest BCUT2D eigenvalue weighted by atomic mass is 15.1. The van der Waals surface area contributed by atoms with E-state index >= 15 is 0 Å². The topological polar surface area (TPSA) is 41.6 Å². The molecule has 1 fully saturated rings. The third-order valence-corrected chi connectivity index (χ3v) is 4.37. The molecule has 0 aromatic carbocycles. The van der Waals surface area contributed by atoms with Crippen LogP contribution in [0, 0.1) is 23.2 Å². The number of aryl methyl sites for hydroxylation is 1. The Morgan fingerprint density at radius 3 is 2.89 bits per heavy atom. The molecule has 0 amide bonds. The normalized spacial score (nSPS) is 27.1. The summed E-state index contributed by atoms with van der Waals surface area (Å²) < 4.78 is 2.29. The first-order valence-corrected chi connectivity index (χ1v) is 7.71. The second kappa shape index (κ2) is 6.75. The van der Waals surface area contributed by atoms with Gasteiger partial charge in [0, 0.05) is 18.8 Å². The van der Waals surface area contributed by atoms with E-state index in [0.717, 1.165) is 37.4 Å². The Hall–Kier alpha value is -1.30. The lowest BCUT2D eigenvalue weighted by Gasteiger charge is -2.34. The number of aromatic nitrogens is 2. The van der Waals surface area contributed by atoms with Crippen LogP contribution in [0.15, 0.2) is 12.4 Å². The van der Waals surface area contributed by atoms with Crippen molar-refractivity contribution in [3.8, 4) is 6.07 Å². The minimum absolute atomic E-state index is 0.165. The molecule has 1 saturated carbocycles. The van der Waals surface area contributed by atoms with Gasteiger partial charge in [-0.25, -0.2) is 4.98 Å². The summed E-state index contributed by atoms with van der Waals surface area (Å²) >= 11 is 0. The number of nitriles is 1. The largest absolute Gasteiger partial charge is 0.331 e. The Labute approximate surface area is 116 Å². The maximum Gasteiger partial charge on any atom is 0.108 e. The average molecular weight is 259 g/mol. The molecular formula is C16H25N3. The van der Waals surface area contributed by atoms with Crippen molar-refractivity contribution in [3.05, 3.63) is 18.2 Å². The summed E-state index contributed by atoms with van der Waals surface area (Å²) in [5, 5.41) is 9.41. The van der Waals surface area contributed by atoms with E-state index in [2.05, 4.69) is 35.7 Å². The lowest BCUT2D eigenvalue weighted by atomic mass is 9.77. The van der Waals surface area contributed by atoms with Gasteiger partial charge in [0.15, 0.2) is 0 Å². The monoisotopic (exact) mass is 259 g/mol. The lowest BCUT2D eigenvalue weighted by molar-refractivity contribution is 0.207. The molecule has 0 spiro atoms. The van der Waals surface area contributed by atoms with Crippen molar-refractivity contribution in [2.24, 2.45) is 11.8 Å². The fourth-order valence-corrected chi connectivity index (χ4v) is 3.42. The summed E-state index contributed by atoms with van der Waals surface area (Å²) in [5.74, 6) is 2.11. The van der Waals surface area contributed by atoms with E-state index in [9.17, 15) is 5.26 Å². The highest BCUT2D eigenvalue weighted by Crippen LogP contribution is 2.39. The lowest BCUT2D eigenvalue weighted by Crippen LogP contribution is -2.27. The molecule has 1 aliphatic carbocycles. The first-order chi connectivity index (χ1) is 9.30. The number of rotatable bonds is 5. The van der Waals surface area contributed by atoms with Crippen molar-refractivity contribution in [3.63, 3.8) is 0 Å². The third-order valence-electron chi connectivity index (χ3n) is 4.37. The van der Waals surface area contributed by atoms with Crippen LogP contribution < -0.4 is 0 Å². The van der Waals surface area contributed by atoms with Gasteiger partial charge < -0.3 is 4.57 Å². The molecule has 1 aromatic heterocycles. The van der Waals surface area contributed by atoms with Crippen LogP contribution >= 0.6 is 0 Å². The maximum atomic E-state index is 9.41. The predicted molar refractivity (Wildman–Crippen MR) is 76.6 cm³/mol. The van der Waals surface area contributed by atoms with E-state index in [4.69, 9.17) is 0 Å². The molecule has 0 aliphatic heterocycles. The number of hydrogen-bond acceptors (Lipinski definition) is 2. The van der Waals surface area contributed by atoms with Crippen LogP contribution in [0.1, 0.15) is 64.2 Å². The first kappa shape index (κ1) is 14.1. The third kappa shape index (κ3) is 3.18. The van der Waals surface area contributed by atoms with Gasteiger partial charge in [-0.3, -0.25) is 0 Å². The molecule has 0 radical (unpaired) electrons. The van der Waals surface area contributed by atoms with Gasteiger partial charge in [-0.1, -0.05) is 26.7 Å². The molecular weight excluding hydrogens is 234 g/mol. The highest BCUT2D eigenvalue weighted by molar-refractivity contribution is 5.03. The van der Waals surface area contributed by atoms with E-state index in [-0.39, 0.29) is 5.92 Å². The predicted octanol–water partition coefficient (Wildman–Crippen LogP) is 4.12. The smallest absolute Gasteiger partial charge is 0.108 e. The summed E-state index contributed by atoms with van der Waals surface area (Å²) in [7, 11) is 0. The van der Waals surface area contributed by atoms with E-state index in [0.29, 0.717) is 6.04 Å². The number of hydrogen-bond donors (Lipinski definition) is 0. The second-order valence-corrected chi connectivity index (χ2v) is 5.77. The second-order valence-electron chi connectivity index (χ2n) is 5.77. The van der Waals surface area contributed by atoms with Gasteiger partial charge >= 0.3 is 0 Å². The molecule has 0 bridgehead atoms. The van der Waals surface area contributed by atoms with Crippen LogP contribution in [0.25, 0.3) is 0 Å². The number of nitrogens with zero attached hydrogens (tertiary/aromatic N) is 3. The molecule has 3 atom stereocenters. The van der Waals surface area contributed by atoms with Gasteiger partial charge in [-0.15, -0.1) is 0 Å². The molecule has 0 saturated heterocycles. The van der Waals surface area contributed by atoms with Crippen molar-refractivity contribution in [2.45, 2.75) is 64.8 Å². The SMILES string of the molecule is CCCc1nccn1C1CC(CCC)CCC1C#N. The minimum Gasteiger partial charge on any atom is -0.331 e. The first-order valence-electron chi connectivity index (χ1n) is 7.71. The zero-order valence-electron chi connectivity index (χ0n) is 12.2. The van der Waals surface area contributed by atoms with Crippen LogP contribution in [-0.4, -0.2) is 9.55 Å². The van der Waals surface area contributed by atoms with Crippen molar-refractivity contribution in [1.82, 2.24) is 9.55 Å². The molecule has 0 N–H and O–H groups in total. The molecule has 3 nitrogen and oxygen atoms in total. The van der Waals surface area contributed by atoms with Crippen molar-refractivity contribution >= 4 is 0 Å². The molecule has 1 aromatic rings. The van der Waals surface area contributed by atoms with Gasteiger partial charge in [-0.05, 0) is 31.6 Å². The fourth-order valence-electron chi connectivity index (χ4n) is 3.42. The molecule has 104 valence electrons.